The second kappa shape index (κ2) is 8.12. The Labute approximate surface area is 172 Å². The molecule has 1 N–H and O–H groups in total. The van der Waals surface area contributed by atoms with Crippen molar-refractivity contribution in [2.75, 3.05) is 18.4 Å². The van der Waals surface area contributed by atoms with Crippen molar-refractivity contribution in [3.8, 4) is 0 Å². The van der Waals surface area contributed by atoms with Crippen LogP contribution in [0.5, 0.6) is 0 Å². The lowest BCUT2D eigenvalue weighted by Crippen LogP contribution is -2.35. The van der Waals surface area contributed by atoms with E-state index in [-0.39, 0.29) is 18.4 Å². The summed E-state index contributed by atoms with van der Waals surface area (Å²) in [5.41, 5.74) is 0.497. The SMILES string of the molecule is O=C(Cn1nc(C(F)(F)F)cc1C1CC1)Nc1ccc(C(=O)N2CCCCC2)cc1. The Hall–Kier alpha value is -2.84. The van der Waals surface area contributed by atoms with E-state index in [1.54, 1.807) is 24.3 Å². The van der Waals surface area contributed by atoms with Crippen LogP contribution in [0.15, 0.2) is 30.3 Å². The maximum Gasteiger partial charge on any atom is 0.435 e. The number of hydrogen-bond donors (Lipinski definition) is 1. The van der Waals surface area contributed by atoms with Gasteiger partial charge in [-0.25, -0.2) is 0 Å². The number of likely N-dealkylation sites (tertiary alicyclic amines) is 1. The Balaban J connectivity index is 1.40. The molecular weight excluding hydrogens is 397 g/mol. The van der Waals surface area contributed by atoms with E-state index in [4.69, 9.17) is 0 Å². The average molecular weight is 420 g/mol. The maximum atomic E-state index is 13.0. The summed E-state index contributed by atoms with van der Waals surface area (Å²) >= 11 is 0. The lowest BCUT2D eigenvalue weighted by Gasteiger charge is -2.26. The number of benzene rings is 1. The molecule has 30 heavy (non-hydrogen) atoms. The molecule has 6 nitrogen and oxygen atoms in total. The Bertz CT molecular complexity index is 927. The van der Waals surface area contributed by atoms with Gasteiger partial charge in [-0.05, 0) is 62.4 Å². The third-order valence-corrected chi connectivity index (χ3v) is 5.45. The smallest absolute Gasteiger partial charge is 0.339 e. The van der Waals surface area contributed by atoms with Gasteiger partial charge >= 0.3 is 6.18 Å². The molecule has 4 rings (SSSR count). The third kappa shape index (κ3) is 4.66. The number of nitrogens with one attached hydrogen (secondary N) is 1. The minimum Gasteiger partial charge on any atom is -0.339 e. The number of hydrogen-bond acceptors (Lipinski definition) is 3. The first-order chi connectivity index (χ1) is 14.3. The lowest BCUT2D eigenvalue weighted by molar-refractivity contribution is -0.141. The molecule has 2 aromatic rings. The summed E-state index contributed by atoms with van der Waals surface area (Å²) in [6.45, 7) is 1.21. The van der Waals surface area contributed by atoms with Gasteiger partial charge in [0.25, 0.3) is 5.91 Å². The molecule has 0 spiro atoms. The minimum atomic E-state index is -4.54. The molecule has 1 saturated heterocycles. The molecule has 0 bridgehead atoms. The number of anilines is 1. The van der Waals surface area contributed by atoms with Gasteiger partial charge in [-0.15, -0.1) is 0 Å². The first-order valence-corrected chi connectivity index (χ1v) is 10.2. The number of nitrogens with zero attached hydrogens (tertiary/aromatic N) is 3. The van der Waals surface area contributed by atoms with Crippen molar-refractivity contribution in [2.24, 2.45) is 0 Å². The first kappa shape index (κ1) is 20.4. The van der Waals surface area contributed by atoms with Gasteiger partial charge in [0, 0.05) is 36.0 Å². The van der Waals surface area contributed by atoms with Gasteiger partial charge in [0.15, 0.2) is 5.69 Å². The predicted octanol–water partition coefficient (Wildman–Crippen LogP) is 4.04. The van der Waals surface area contributed by atoms with Crippen molar-refractivity contribution < 1.29 is 22.8 Å². The summed E-state index contributed by atoms with van der Waals surface area (Å²) < 4.78 is 40.1. The molecule has 1 aliphatic heterocycles. The monoisotopic (exact) mass is 420 g/mol. The van der Waals surface area contributed by atoms with Crippen molar-refractivity contribution in [1.29, 1.82) is 0 Å². The molecule has 0 unspecified atom stereocenters. The molecule has 1 aromatic carbocycles. The molecule has 2 heterocycles. The van der Waals surface area contributed by atoms with Gasteiger partial charge in [-0.3, -0.25) is 14.3 Å². The van der Waals surface area contributed by atoms with Crippen LogP contribution in [0, 0.1) is 0 Å². The highest BCUT2D eigenvalue weighted by atomic mass is 19.4. The molecule has 2 amide bonds. The van der Waals surface area contributed by atoms with Gasteiger partial charge < -0.3 is 10.2 Å². The highest BCUT2D eigenvalue weighted by molar-refractivity contribution is 5.95. The molecular formula is C21H23F3N4O2. The third-order valence-electron chi connectivity index (χ3n) is 5.45. The fourth-order valence-electron chi connectivity index (χ4n) is 3.72. The first-order valence-electron chi connectivity index (χ1n) is 10.2. The van der Waals surface area contributed by atoms with Crippen LogP contribution in [0.3, 0.4) is 0 Å². The lowest BCUT2D eigenvalue weighted by atomic mass is 10.1. The highest BCUT2D eigenvalue weighted by Gasteiger charge is 2.38. The summed E-state index contributed by atoms with van der Waals surface area (Å²) in [6, 6.07) is 7.59. The van der Waals surface area contributed by atoms with E-state index in [9.17, 15) is 22.8 Å². The van der Waals surface area contributed by atoms with E-state index in [0.29, 0.717) is 16.9 Å². The number of carbonyl (C=O) groups excluding carboxylic acids is 2. The Morgan fingerprint density at radius 2 is 1.73 bits per heavy atom. The number of carbonyl (C=O) groups is 2. The van der Waals surface area contributed by atoms with E-state index in [0.717, 1.165) is 55.9 Å². The van der Waals surface area contributed by atoms with Crippen LogP contribution in [0.25, 0.3) is 0 Å². The van der Waals surface area contributed by atoms with Gasteiger partial charge in [0.1, 0.15) is 6.54 Å². The van der Waals surface area contributed by atoms with Crippen molar-refractivity contribution >= 4 is 17.5 Å². The van der Waals surface area contributed by atoms with Crippen molar-refractivity contribution in [3.05, 3.63) is 47.3 Å². The van der Waals surface area contributed by atoms with E-state index in [2.05, 4.69) is 10.4 Å². The number of amides is 2. The van der Waals surface area contributed by atoms with Crippen molar-refractivity contribution in [1.82, 2.24) is 14.7 Å². The van der Waals surface area contributed by atoms with E-state index in [1.807, 2.05) is 4.90 Å². The van der Waals surface area contributed by atoms with Gasteiger partial charge in [-0.2, -0.15) is 18.3 Å². The molecule has 2 fully saturated rings. The van der Waals surface area contributed by atoms with Gasteiger partial charge in [-0.1, -0.05) is 0 Å². The molecule has 1 aliphatic carbocycles. The van der Waals surface area contributed by atoms with Crippen LogP contribution in [0.4, 0.5) is 18.9 Å². The fraction of sp³-hybridized carbons (Fsp3) is 0.476. The predicted molar refractivity (Wildman–Crippen MR) is 104 cm³/mol. The van der Waals surface area contributed by atoms with Gasteiger partial charge in [0.05, 0.1) is 0 Å². The number of alkyl halides is 3. The number of piperidine rings is 1. The molecule has 1 saturated carbocycles. The molecule has 9 heteroatoms. The normalized spacial score (nSPS) is 17.1. The highest BCUT2D eigenvalue weighted by Crippen LogP contribution is 2.42. The number of rotatable bonds is 5. The quantitative estimate of drug-likeness (QED) is 0.794. The molecule has 0 atom stereocenters. The largest absolute Gasteiger partial charge is 0.435 e. The second-order valence-corrected chi connectivity index (χ2v) is 7.86. The van der Waals surface area contributed by atoms with Crippen LogP contribution in [-0.4, -0.2) is 39.6 Å². The van der Waals surface area contributed by atoms with Gasteiger partial charge in [0.2, 0.25) is 5.91 Å². The second-order valence-electron chi connectivity index (χ2n) is 7.86. The van der Waals surface area contributed by atoms with E-state index in [1.165, 1.54) is 0 Å². The van der Waals surface area contributed by atoms with E-state index < -0.39 is 17.8 Å². The molecule has 160 valence electrons. The fourth-order valence-corrected chi connectivity index (χ4v) is 3.72. The van der Waals surface area contributed by atoms with Crippen LogP contribution in [-0.2, 0) is 17.5 Å². The van der Waals surface area contributed by atoms with Crippen LogP contribution < -0.4 is 5.32 Å². The summed E-state index contributed by atoms with van der Waals surface area (Å²) in [6.07, 6.45) is 0.215. The summed E-state index contributed by atoms with van der Waals surface area (Å²) in [5.74, 6) is -0.469. The van der Waals surface area contributed by atoms with Crippen molar-refractivity contribution in [3.63, 3.8) is 0 Å². The number of halogens is 3. The summed E-state index contributed by atoms with van der Waals surface area (Å²) in [7, 11) is 0. The average Bonchev–Trinajstić information content (AvgIpc) is 3.48. The number of aromatic nitrogens is 2. The Morgan fingerprint density at radius 3 is 2.33 bits per heavy atom. The standard InChI is InChI=1S/C21H23F3N4O2/c22-21(23,24)18-12-17(14-4-5-14)28(26-18)13-19(29)25-16-8-6-15(7-9-16)20(30)27-10-2-1-3-11-27/h6-9,12,14H,1-5,10-11,13H2,(H,25,29). The topological polar surface area (TPSA) is 67.2 Å². The zero-order valence-electron chi connectivity index (χ0n) is 16.4. The van der Waals surface area contributed by atoms with Crippen molar-refractivity contribution in [2.45, 2.75) is 50.7 Å². The molecule has 1 aromatic heterocycles. The molecule has 0 radical (unpaired) electrons. The maximum absolute atomic E-state index is 13.0. The van der Waals surface area contributed by atoms with Crippen LogP contribution >= 0.6 is 0 Å². The van der Waals surface area contributed by atoms with Crippen LogP contribution in [0.1, 0.15) is 59.8 Å². The van der Waals surface area contributed by atoms with Crippen LogP contribution in [0.2, 0.25) is 0 Å². The van der Waals surface area contributed by atoms with E-state index >= 15 is 0 Å². The summed E-state index contributed by atoms with van der Waals surface area (Å²) in [5, 5.41) is 6.26. The zero-order chi connectivity index (χ0) is 21.3. The molecule has 2 aliphatic rings. The Morgan fingerprint density at radius 1 is 1.07 bits per heavy atom. The summed E-state index contributed by atoms with van der Waals surface area (Å²) in [4.78, 5) is 26.7. The minimum absolute atomic E-state index is 0.0292. The Kier molecular flexibility index (Phi) is 5.53. The zero-order valence-corrected chi connectivity index (χ0v) is 16.4.